The fourth-order valence-corrected chi connectivity index (χ4v) is 2.45. The van der Waals surface area contributed by atoms with Crippen LogP contribution in [0, 0.1) is 6.92 Å². The molecule has 1 aliphatic rings. The molecule has 0 atom stereocenters. The standard InChI is InChI=1S/C18H19NO4/c1-12-3-5-14(18(20)21-2)10-15(12)19-11-13-4-6-16-17(9-13)23-8-7-22-16/h3-6,9-10,19H,7-8,11H2,1-2H3. The summed E-state index contributed by atoms with van der Waals surface area (Å²) < 4.78 is 15.9. The van der Waals surface area contributed by atoms with Gasteiger partial charge in [-0.05, 0) is 42.3 Å². The molecule has 120 valence electrons. The van der Waals surface area contributed by atoms with Gasteiger partial charge in [0.2, 0.25) is 0 Å². The number of esters is 1. The number of fused-ring (bicyclic) bond motifs is 1. The average molecular weight is 313 g/mol. The Morgan fingerprint density at radius 3 is 2.70 bits per heavy atom. The summed E-state index contributed by atoms with van der Waals surface area (Å²) in [5.74, 6) is 1.21. The number of carbonyl (C=O) groups excluding carboxylic acids is 1. The van der Waals surface area contributed by atoms with Crippen molar-refractivity contribution in [2.24, 2.45) is 0 Å². The fourth-order valence-electron chi connectivity index (χ4n) is 2.45. The highest BCUT2D eigenvalue weighted by atomic mass is 16.6. The molecule has 0 saturated heterocycles. The van der Waals surface area contributed by atoms with Gasteiger partial charge in [-0.2, -0.15) is 0 Å². The lowest BCUT2D eigenvalue weighted by Crippen LogP contribution is -2.15. The van der Waals surface area contributed by atoms with E-state index in [1.165, 1.54) is 7.11 Å². The first kappa shape index (κ1) is 15.2. The van der Waals surface area contributed by atoms with Crippen LogP contribution in [-0.2, 0) is 11.3 Å². The minimum Gasteiger partial charge on any atom is -0.486 e. The van der Waals surface area contributed by atoms with E-state index in [9.17, 15) is 4.79 Å². The molecular formula is C18H19NO4. The van der Waals surface area contributed by atoms with Crippen molar-refractivity contribution in [2.75, 3.05) is 25.6 Å². The Bertz CT molecular complexity index is 727. The molecule has 1 N–H and O–H groups in total. The van der Waals surface area contributed by atoms with Crippen LogP contribution in [0.4, 0.5) is 5.69 Å². The van der Waals surface area contributed by atoms with Crippen LogP contribution in [0.25, 0.3) is 0 Å². The molecule has 0 saturated carbocycles. The number of anilines is 1. The molecule has 0 bridgehead atoms. The number of aryl methyl sites for hydroxylation is 1. The Balaban J connectivity index is 1.74. The van der Waals surface area contributed by atoms with Crippen molar-refractivity contribution < 1.29 is 19.0 Å². The summed E-state index contributed by atoms with van der Waals surface area (Å²) in [6.07, 6.45) is 0. The lowest BCUT2D eigenvalue weighted by molar-refractivity contribution is 0.0601. The third kappa shape index (κ3) is 3.39. The molecule has 5 nitrogen and oxygen atoms in total. The Hall–Kier alpha value is -2.69. The van der Waals surface area contributed by atoms with Crippen LogP contribution in [-0.4, -0.2) is 26.3 Å². The predicted octanol–water partition coefficient (Wildman–Crippen LogP) is 3.16. The number of ether oxygens (including phenoxy) is 3. The minimum absolute atomic E-state index is 0.340. The van der Waals surface area contributed by atoms with Crippen molar-refractivity contribution >= 4 is 11.7 Å². The number of hydrogen-bond donors (Lipinski definition) is 1. The molecule has 0 fully saturated rings. The summed E-state index contributed by atoms with van der Waals surface area (Å²) >= 11 is 0. The third-order valence-electron chi connectivity index (χ3n) is 3.75. The molecular weight excluding hydrogens is 294 g/mol. The maximum absolute atomic E-state index is 11.6. The summed E-state index contributed by atoms with van der Waals surface area (Å²) in [6, 6.07) is 11.4. The summed E-state index contributed by atoms with van der Waals surface area (Å²) in [4.78, 5) is 11.6. The molecule has 2 aromatic rings. The van der Waals surface area contributed by atoms with E-state index in [1.54, 1.807) is 12.1 Å². The van der Waals surface area contributed by atoms with Crippen LogP contribution in [0.2, 0.25) is 0 Å². The number of carbonyl (C=O) groups is 1. The largest absolute Gasteiger partial charge is 0.486 e. The van der Waals surface area contributed by atoms with Crippen molar-refractivity contribution in [3.05, 3.63) is 53.1 Å². The highest BCUT2D eigenvalue weighted by Gasteiger charge is 2.12. The molecule has 1 heterocycles. The van der Waals surface area contributed by atoms with E-state index < -0.39 is 0 Å². The van der Waals surface area contributed by atoms with Crippen molar-refractivity contribution in [1.29, 1.82) is 0 Å². The Labute approximate surface area is 135 Å². The lowest BCUT2D eigenvalue weighted by Gasteiger charge is -2.19. The first-order valence-corrected chi connectivity index (χ1v) is 7.49. The topological polar surface area (TPSA) is 56.8 Å². The van der Waals surface area contributed by atoms with Gasteiger partial charge in [0, 0.05) is 12.2 Å². The SMILES string of the molecule is COC(=O)c1ccc(C)c(NCc2ccc3c(c2)OCCO3)c1. The Kier molecular flexibility index (Phi) is 4.37. The van der Waals surface area contributed by atoms with Crippen molar-refractivity contribution in [3.63, 3.8) is 0 Å². The fraction of sp³-hybridized carbons (Fsp3) is 0.278. The minimum atomic E-state index is -0.340. The molecule has 0 spiro atoms. The van der Waals surface area contributed by atoms with Gasteiger partial charge in [0.05, 0.1) is 12.7 Å². The zero-order chi connectivity index (χ0) is 16.2. The molecule has 0 amide bonds. The Morgan fingerprint density at radius 1 is 1.13 bits per heavy atom. The summed E-state index contributed by atoms with van der Waals surface area (Å²) in [7, 11) is 1.38. The van der Waals surface area contributed by atoms with Crippen LogP contribution >= 0.6 is 0 Å². The van der Waals surface area contributed by atoms with Gasteiger partial charge in [-0.3, -0.25) is 0 Å². The zero-order valence-electron chi connectivity index (χ0n) is 13.2. The van der Waals surface area contributed by atoms with E-state index >= 15 is 0 Å². The van der Waals surface area contributed by atoms with Crippen molar-refractivity contribution in [3.8, 4) is 11.5 Å². The first-order valence-electron chi connectivity index (χ1n) is 7.49. The van der Waals surface area contributed by atoms with Gasteiger partial charge in [0.25, 0.3) is 0 Å². The quantitative estimate of drug-likeness (QED) is 0.879. The molecule has 0 unspecified atom stereocenters. The Morgan fingerprint density at radius 2 is 1.91 bits per heavy atom. The smallest absolute Gasteiger partial charge is 0.337 e. The van der Waals surface area contributed by atoms with Gasteiger partial charge in [-0.1, -0.05) is 12.1 Å². The van der Waals surface area contributed by atoms with E-state index in [4.69, 9.17) is 14.2 Å². The van der Waals surface area contributed by atoms with Gasteiger partial charge in [-0.25, -0.2) is 4.79 Å². The number of hydrogen-bond acceptors (Lipinski definition) is 5. The highest BCUT2D eigenvalue weighted by molar-refractivity contribution is 5.90. The van der Waals surface area contributed by atoms with Crippen LogP contribution in [0.15, 0.2) is 36.4 Å². The maximum Gasteiger partial charge on any atom is 0.337 e. The van der Waals surface area contributed by atoms with Gasteiger partial charge in [0.15, 0.2) is 11.5 Å². The molecule has 3 rings (SSSR count). The van der Waals surface area contributed by atoms with Crippen LogP contribution in [0.3, 0.4) is 0 Å². The van der Waals surface area contributed by atoms with E-state index in [2.05, 4.69) is 5.32 Å². The second-order valence-corrected chi connectivity index (χ2v) is 5.35. The average Bonchev–Trinajstić information content (AvgIpc) is 2.60. The number of rotatable bonds is 4. The molecule has 0 aromatic heterocycles. The van der Waals surface area contributed by atoms with Crippen LogP contribution < -0.4 is 14.8 Å². The molecule has 1 aliphatic heterocycles. The molecule has 5 heteroatoms. The molecule has 0 radical (unpaired) electrons. The van der Waals surface area contributed by atoms with E-state index in [0.717, 1.165) is 28.3 Å². The summed E-state index contributed by atoms with van der Waals surface area (Å²) in [5.41, 5.74) is 3.58. The van der Waals surface area contributed by atoms with E-state index in [0.29, 0.717) is 25.3 Å². The van der Waals surface area contributed by atoms with Gasteiger partial charge < -0.3 is 19.5 Å². The maximum atomic E-state index is 11.6. The summed E-state index contributed by atoms with van der Waals surface area (Å²) in [5, 5.41) is 3.35. The van der Waals surface area contributed by atoms with E-state index in [-0.39, 0.29) is 5.97 Å². The number of benzene rings is 2. The summed E-state index contributed by atoms with van der Waals surface area (Å²) in [6.45, 7) is 3.78. The molecule has 23 heavy (non-hydrogen) atoms. The van der Waals surface area contributed by atoms with Crippen molar-refractivity contribution in [2.45, 2.75) is 13.5 Å². The van der Waals surface area contributed by atoms with Crippen molar-refractivity contribution in [1.82, 2.24) is 0 Å². The lowest BCUT2D eigenvalue weighted by atomic mass is 10.1. The van der Waals surface area contributed by atoms with Crippen LogP contribution in [0.5, 0.6) is 11.5 Å². The highest BCUT2D eigenvalue weighted by Crippen LogP contribution is 2.31. The zero-order valence-corrected chi connectivity index (χ0v) is 13.2. The number of methoxy groups -OCH3 is 1. The van der Waals surface area contributed by atoms with Gasteiger partial charge in [0.1, 0.15) is 13.2 Å². The first-order chi connectivity index (χ1) is 11.2. The second-order valence-electron chi connectivity index (χ2n) is 5.35. The van der Waals surface area contributed by atoms with E-state index in [1.807, 2.05) is 31.2 Å². The van der Waals surface area contributed by atoms with Gasteiger partial charge in [-0.15, -0.1) is 0 Å². The third-order valence-corrected chi connectivity index (χ3v) is 3.75. The monoisotopic (exact) mass is 313 g/mol. The predicted molar refractivity (Wildman–Crippen MR) is 87.3 cm³/mol. The number of nitrogens with one attached hydrogen (secondary N) is 1. The van der Waals surface area contributed by atoms with Gasteiger partial charge >= 0.3 is 5.97 Å². The molecule has 2 aromatic carbocycles. The normalized spacial score (nSPS) is 12.6. The van der Waals surface area contributed by atoms with Crippen LogP contribution in [0.1, 0.15) is 21.5 Å². The second kappa shape index (κ2) is 6.60. The molecule has 0 aliphatic carbocycles.